The predicted octanol–water partition coefficient (Wildman–Crippen LogP) is 4.75. The molecule has 2 amide bonds. The standard InChI is InChI=1S/C32H32F3N5O4/c1-20-5-7-21(8-6-20)18-40-19-37-15-23(40)16-38-28-13-14-43-29-25(28)3-2-4-26(29)31(42)39-17-27(30(36)41)22-9-11-24(12-10-22)44-32(33,34)35/h2-12,15,19,27-28,38H,13-14,16-18H2,1H3,(H2,36,41)(H,39,42). The van der Waals surface area contributed by atoms with Crippen LogP contribution in [-0.4, -0.2) is 40.9 Å². The molecule has 44 heavy (non-hydrogen) atoms. The normalized spacial score (nSPS) is 15.1. The van der Waals surface area contributed by atoms with E-state index in [0.717, 1.165) is 23.4 Å². The second kappa shape index (κ2) is 13.2. The Morgan fingerprint density at radius 2 is 1.86 bits per heavy atom. The molecule has 2 unspecified atom stereocenters. The van der Waals surface area contributed by atoms with Gasteiger partial charge in [-0.15, -0.1) is 13.2 Å². The Morgan fingerprint density at radius 3 is 2.57 bits per heavy atom. The lowest BCUT2D eigenvalue weighted by atomic mass is 9.96. The van der Waals surface area contributed by atoms with Crippen molar-refractivity contribution in [1.82, 2.24) is 20.2 Å². The number of hydrogen-bond donors (Lipinski definition) is 3. The molecule has 4 aromatic rings. The summed E-state index contributed by atoms with van der Waals surface area (Å²) in [5, 5.41) is 6.29. The first-order valence-electron chi connectivity index (χ1n) is 14.0. The summed E-state index contributed by atoms with van der Waals surface area (Å²) in [5.41, 5.74) is 10.4. The number of amides is 2. The minimum Gasteiger partial charge on any atom is -0.492 e. The van der Waals surface area contributed by atoms with Crippen molar-refractivity contribution in [3.8, 4) is 11.5 Å². The van der Waals surface area contributed by atoms with Crippen LogP contribution < -0.4 is 25.8 Å². The molecular formula is C32H32F3N5O4. The minimum atomic E-state index is -4.84. The third-order valence-corrected chi connectivity index (χ3v) is 7.45. The lowest BCUT2D eigenvalue weighted by Gasteiger charge is -2.28. The van der Waals surface area contributed by atoms with Gasteiger partial charge in [0.2, 0.25) is 5.91 Å². The van der Waals surface area contributed by atoms with E-state index in [1.807, 2.05) is 12.3 Å². The fraction of sp³-hybridized carbons (Fsp3) is 0.281. The molecule has 1 aliphatic heterocycles. The summed E-state index contributed by atoms with van der Waals surface area (Å²) in [4.78, 5) is 29.8. The highest BCUT2D eigenvalue weighted by Crippen LogP contribution is 2.35. The van der Waals surface area contributed by atoms with Gasteiger partial charge in [-0.3, -0.25) is 9.59 Å². The van der Waals surface area contributed by atoms with Crippen molar-refractivity contribution in [2.75, 3.05) is 13.2 Å². The molecule has 1 aliphatic rings. The summed E-state index contributed by atoms with van der Waals surface area (Å²) in [5.74, 6) is -2.17. The van der Waals surface area contributed by atoms with Gasteiger partial charge in [0, 0.05) is 43.9 Å². The van der Waals surface area contributed by atoms with E-state index in [1.54, 1.807) is 18.5 Å². The smallest absolute Gasteiger partial charge is 0.492 e. The molecule has 0 spiro atoms. The summed E-state index contributed by atoms with van der Waals surface area (Å²) in [7, 11) is 0. The highest BCUT2D eigenvalue weighted by molar-refractivity contribution is 5.98. The maximum atomic E-state index is 13.3. The highest BCUT2D eigenvalue weighted by atomic mass is 19.4. The predicted molar refractivity (Wildman–Crippen MR) is 156 cm³/mol. The van der Waals surface area contributed by atoms with E-state index < -0.39 is 29.8 Å². The molecule has 0 bridgehead atoms. The van der Waals surface area contributed by atoms with Crippen LogP contribution in [0.25, 0.3) is 0 Å². The second-order valence-corrected chi connectivity index (χ2v) is 10.6. The van der Waals surface area contributed by atoms with Gasteiger partial charge in [-0.25, -0.2) is 4.98 Å². The third kappa shape index (κ3) is 7.56. The number of hydrogen-bond acceptors (Lipinski definition) is 6. The van der Waals surface area contributed by atoms with Crippen LogP contribution in [0, 0.1) is 6.92 Å². The Kier molecular flexibility index (Phi) is 9.19. The molecule has 2 atom stereocenters. The van der Waals surface area contributed by atoms with Crippen LogP contribution in [-0.2, 0) is 17.9 Å². The number of imidazole rings is 1. The molecule has 4 N–H and O–H groups in total. The van der Waals surface area contributed by atoms with Gasteiger partial charge >= 0.3 is 6.36 Å². The Morgan fingerprint density at radius 1 is 1.11 bits per heavy atom. The van der Waals surface area contributed by atoms with E-state index in [2.05, 4.69) is 56.1 Å². The summed E-state index contributed by atoms with van der Waals surface area (Å²) < 4.78 is 49.4. The molecule has 0 saturated heterocycles. The SMILES string of the molecule is Cc1ccc(Cn2cncc2CNC2CCOc3c(C(=O)NCC(C(N)=O)c4ccc(OC(F)(F)F)cc4)cccc32)cc1. The number of carbonyl (C=O) groups is 2. The first kappa shape index (κ1) is 30.6. The zero-order valence-electron chi connectivity index (χ0n) is 23.9. The van der Waals surface area contributed by atoms with Gasteiger partial charge in [0.1, 0.15) is 11.5 Å². The highest BCUT2D eigenvalue weighted by Gasteiger charge is 2.31. The van der Waals surface area contributed by atoms with E-state index in [4.69, 9.17) is 10.5 Å². The number of alkyl halides is 3. The number of nitrogens with one attached hydrogen (secondary N) is 2. The van der Waals surface area contributed by atoms with E-state index in [-0.39, 0.29) is 12.6 Å². The lowest BCUT2D eigenvalue weighted by molar-refractivity contribution is -0.274. The van der Waals surface area contributed by atoms with Crippen molar-refractivity contribution in [3.63, 3.8) is 0 Å². The van der Waals surface area contributed by atoms with Gasteiger partial charge in [-0.2, -0.15) is 0 Å². The van der Waals surface area contributed by atoms with Gasteiger partial charge in [-0.05, 0) is 36.2 Å². The monoisotopic (exact) mass is 607 g/mol. The summed E-state index contributed by atoms with van der Waals surface area (Å²) >= 11 is 0. The lowest BCUT2D eigenvalue weighted by Crippen LogP contribution is -2.35. The molecule has 0 aliphatic carbocycles. The quantitative estimate of drug-likeness (QED) is 0.226. The molecule has 0 radical (unpaired) electrons. The van der Waals surface area contributed by atoms with Crippen LogP contribution in [0.2, 0.25) is 0 Å². The molecule has 0 fully saturated rings. The number of primary amides is 1. The summed E-state index contributed by atoms with van der Waals surface area (Å²) in [6, 6.07) is 18.4. The average molecular weight is 608 g/mol. The Bertz CT molecular complexity index is 1600. The molecular weight excluding hydrogens is 575 g/mol. The number of aryl methyl sites for hydroxylation is 1. The summed E-state index contributed by atoms with van der Waals surface area (Å²) in [6.07, 6.45) is -0.505. The summed E-state index contributed by atoms with van der Waals surface area (Å²) in [6.45, 7) is 3.54. The Labute approximate surface area is 252 Å². The topological polar surface area (TPSA) is 120 Å². The van der Waals surface area contributed by atoms with Gasteiger partial charge in [0.15, 0.2) is 0 Å². The number of carbonyl (C=O) groups excluding carboxylic acids is 2. The van der Waals surface area contributed by atoms with Crippen LogP contribution in [0.5, 0.6) is 11.5 Å². The number of halogens is 3. The second-order valence-electron chi connectivity index (χ2n) is 10.6. The molecule has 1 aromatic heterocycles. The van der Waals surface area contributed by atoms with Gasteiger partial charge in [-0.1, -0.05) is 54.1 Å². The van der Waals surface area contributed by atoms with Crippen LogP contribution >= 0.6 is 0 Å². The minimum absolute atomic E-state index is 0.0787. The number of benzene rings is 3. The van der Waals surface area contributed by atoms with Crippen LogP contribution in [0.15, 0.2) is 79.3 Å². The van der Waals surface area contributed by atoms with Gasteiger partial charge in [0.25, 0.3) is 5.91 Å². The van der Waals surface area contributed by atoms with E-state index in [9.17, 15) is 22.8 Å². The van der Waals surface area contributed by atoms with Crippen LogP contribution in [0.3, 0.4) is 0 Å². The molecule has 9 nitrogen and oxygen atoms in total. The van der Waals surface area contributed by atoms with Gasteiger partial charge < -0.3 is 30.4 Å². The third-order valence-electron chi connectivity index (χ3n) is 7.45. The van der Waals surface area contributed by atoms with E-state index >= 15 is 0 Å². The number of ether oxygens (including phenoxy) is 2. The average Bonchev–Trinajstić information content (AvgIpc) is 3.43. The first-order chi connectivity index (χ1) is 21.1. The number of aromatic nitrogens is 2. The molecule has 5 rings (SSSR count). The van der Waals surface area contributed by atoms with Gasteiger partial charge in [0.05, 0.1) is 30.1 Å². The van der Waals surface area contributed by atoms with Crippen molar-refractivity contribution in [2.45, 2.75) is 44.8 Å². The fourth-order valence-electron chi connectivity index (χ4n) is 5.15. The molecule has 230 valence electrons. The maximum Gasteiger partial charge on any atom is 0.573 e. The van der Waals surface area contributed by atoms with Crippen molar-refractivity contribution in [1.29, 1.82) is 0 Å². The Balaban J connectivity index is 1.24. The molecule has 12 heteroatoms. The van der Waals surface area contributed by atoms with Crippen molar-refractivity contribution >= 4 is 11.8 Å². The number of nitrogens with two attached hydrogens (primary N) is 1. The molecule has 2 heterocycles. The zero-order chi connectivity index (χ0) is 31.3. The van der Waals surface area contributed by atoms with Crippen molar-refractivity contribution in [3.05, 3.63) is 113 Å². The Hall–Kier alpha value is -4.84. The van der Waals surface area contributed by atoms with Crippen LogP contribution in [0.4, 0.5) is 13.2 Å². The zero-order valence-corrected chi connectivity index (χ0v) is 23.9. The van der Waals surface area contributed by atoms with Crippen molar-refractivity contribution in [2.24, 2.45) is 5.73 Å². The van der Waals surface area contributed by atoms with E-state index in [1.165, 1.54) is 23.3 Å². The molecule has 3 aromatic carbocycles. The molecule has 0 saturated carbocycles. The van der Waals surface area contributed by atoms with E-state index in [0.29, 0.717) is 43.0 Å². The number of nitrogens with zero attached hydrogens (tertiary/aromatic N) is 2. The largest absolute Gasteiger partial charge is 0.573 e. The van der Waals surface area contributed by atoms with Crippen LogP contribution in [0.1, 0.15) is 56.7 Å². The number of fused-ring (bicyclic) bond motifs is 1. The fourth-order valence-corrected chi connectivity index (χ4v) is 5.15. The maximum absolute atomic E-state index is 13.3. The number of rotatable bonds is 11. The number of para-hydroxylation sites is 1. The van der Waals surface area contributed by atoms with Crippen molar-refractivity contribution < 1.29 is 32.2 Å². The first-order valence-corrected chi connectivity index (χ1v) is 14.0.